The predicted molar refractivity (Wildman–Crippen MR) is 155 cm³/mol. The van der Waals surface area contributed by atoms with Crippen molar-refractivity contribution in [3.8, 4) is 0 Å². The lowest BCUT2D eigenvalue weighted by Gasteiger charge is -2.31. The topological polar surface area (TPSA) is 129 Å². The molecule has 220 valence electrons. The standard InChI is InChI=1S/C24H43Cl2N3O7P2/c1-5-33-37(31,34-6-2)23(38(32,35-7-3)36-8-4)13-16-28-24(30)22(27)19-20-9-11-21(12-10-20)29(17-14-25)18-15-26/h9-12,22-23H,5-8,13-19,27H2,1-4H3,(H,28,30)/t22-/m0/s1. The molecular weight excluding hydrogens is 575 g/mol. The van der Waals surface area contributed by atoms with Crippen molar-refractivity contribution in [2.75, 3.05) is 62.7 Å². The van der Waals surface area contributed by atoms with Crippen LogP contribution in [0.15, 0.2) is 24.3 Å². The van der Waals surface area contributed by atoms with Crippen LogP contribution >= 0.6 is 38.4 Å². The zero-order chi connectivity index (χ0) is 28.6. The fraction of sp³-hybridized carbons (Fsp3) is 0.708. The maximum Gasteiger partial charge on any atom is 0.345 e. The highest BCUT2D eigenvalue weighted by molar-refractivity contribution is 7.72. The van der Waals surface area contributed by atoms with Gasteiger partial charge in [0, 0.05) is 37.1 Å². The Labute approximate surface area is 237 Å². The largest absolute Gasteiger partial charge is 0.369 e. The molecule has 1 rings (SSSR count). The van der Waals surface area contributed by atoms with E-state index in [-0.39, 0.29) is 39.4 Å². The fourth-order valence-corrected chi connectivity index (χ4v) is 9.61. The molecule has 0 saturated heterocycles. The van der Waals surface area contributed by atoms with Gasteiger partial charge in [0.05, 0.1) is 32.5 Å². The van der Waals surface area contributed by atoms with Crippen molar-refractivity contribution in [3.63, 3.8) is 0 Å². The van der Waals surface area contributed by atoms with Crippen LogP contribution < -0.4 is 16.0 Å². The van der Waals surface area contributed by atoms with Gasteiger partial charge in [-0.25, -0.2) is 0 Å². The van der Waals surface area contributed by atoms with Gasteiger partial charge in [-0.1, -0.05) is 12.1 Å². The van der Waals surface area contributed by atoms with Crippen molar-refractivity contribution in [2.24, 2.45) is 5.73 Å². The van der Waals surface area contributed by atoms with E-state index < -0.39 is 32.5 Å². The lowest BCUT2D eigenvalue weighted by molar-refractivity contribution is -0.122. The van der Waals surface area contributed by atoms with Gasteiger partial charge in [0.1, 0.15) is 0 Å². The Morgan fingerprint density at radius 3 is 1.74 bits per heavy atom. The van der Waals surface area contributed by atoms with Crippen LogP contribution in [0.5, 0.6) is 0 Å². The molecule has 14 heteroatoms. The summed E-state index contributed by atoms with van der Waals surface area (Å²) in [6, 6.07) is 6.89. The molecule has 0 saturated carbocycles. The Kier molecular flexibility index (Phi) is 17.3. The number of anilines is 1. The number of halogens is 2. The summed E-state index contributed by atoms with van der Waals surface area (Å²) in [5, 5.41) is 1.54. The van der Waals surface area contributed by atoms with E-state index in [1.807, 2.05) is 24.3 Å². The van der Waals surface area contributed by atoms with Crippen LogP contribution in [0.4, 0.5) is 5.69 Å². The summed E-state index contributed by atoms with van der Waals surface area (Å²) in [7, 11) is -7.78. The van der Waals surface area contributed by atoms with Gasteiger partial charge >= 0.3 is 15.2 Å². The van der Waals surface area contributed by atoms with Gasteiger partial charge in [-0.2, -0.15) is 0 Å². The summed E-state index contributed by atoms with van der Waals surface area (Å²) in [5.41, 5.74) is 8.03. The number of alkyl halides is 2. The van der Waals surface area contributed by atoms with Crippen LogP contribution in [0.2, 0.25) is 0 Å². The Bertz CT molecular complexity index is 856. The van der Waals surface area contributed by atoms with E-state index in [1.54, 1.807) is 27.7 Å². The summed E-state index contributed by atoms with van der Waals surface area (Å²) in [6.07, 6.45) is 0.298. The van der Waals surface area contributed by atoms with Crippen molar-refractivity contribution in [1.29, 1.82) is 0 Å². The number of benzene rings is 1. The summed E-state index contributed by atoms with van der Waals surface area (Å²) in [5.74, 6) is 0.573. The van der Waals surface area contributed by atoms with E-state index in [1.165, 1.54) is 0 Å². The first-order chi connectivity index (χ1) is 18.1. The Hall–Kier alpha value is -0.670. The first-order valence-corrected chi connectivity index (χ1v) is 17.2. The highest BCUT2D eigenvalue weighted by atomic mass is 35.5. The summed E-state index contributed by atoms with van der Waals surface area (Å²) < 4.78 is 49.0. The molecule has 1 aromatic carbocycles. The third kappa shape index (κ3) is 11.1. The molecule has 0 aromatic heterocycles. The average molecular weight is 618 g/mol. The minimum Gasteiger partial charge on any atom is -0.369 e. The summed E-state index contributed by atoms with van der Waals surface area (Å²) in [6.45, 7) is 8.35. The molecule has 0 spiro atoms. The molecule has 0 radical (unpaired) electrons. The van der Waals surface area contributed by atoms with Crippen molar-refractivity contribution in [1.82, 2.24) is 5.32 Å². The third-order valence-electron chi connectivity index (χ3n) is 5.47. The molecule has 0 aliphatic heterocycles. The Morgan fingerprint density at radius 2 is 1.34 bits per heavy atom. The van der Waals surface area contributed by atoms with E-state index >= 15 is 0 Å². The monoisotopic (exact) mass is 617 g/mol. The summed E-state index contributed by atoms with van der Waals surface area (Å²) in [4.78, 5) is 14.8. The van der Waals surface area contributed by atoms with Crippen LogP contribution in [0.25, 0.3) is 0 Å². The quantitative estimate of drug-likeness (QED) is 0.141. The minimum absolute atomic E-state index is 0.0152. The predicted octanol–water partition coefficient (Wildman–Crippen LogP) is 5.21. The number of amides is 1. The molecule has 0 unspecified atom stereocenters. The maximum atomic E-state index is 13.6. The van der Waals surface area contributed by atoms with E-state index in [2.05, 4.69) is 10.2 Å². The first kappa shape index (κ1) is 35.4. The average Bonchev–Trinajstić information content (AvgIpc) is 2.87. The number of rotatable bonds is 21. The van der Waals surface area contributed by atoms with Gasteiger partial charge in [-0.05, 0) is 58.2 Å². The number of carbonyl (C=O) groups is 1. The second-order valence-corrected chi connectivity index (χ2v) is 13.8. The Morgan fingerprint density at radius 1 is 0.895 bits per heavy atom. The zero-order valence-electron chi connectivity index (χ0n) is 22.8. The van der Waals surface area contributed by atoms with Crippen LogP contribution in [0, 0.1) is 0 Å². The highest BCUT2D eigenvalue weighted by Gasteiger charge is 2.50. The van der Waals surface area contributed by atoms with E-state index in [0.717, 1.165) is 11.3 Å². The smallest absolute Gasteiger partial charge is 0.345 e. The third-order valence-corrected chi connectivity index (χ3v) is 12.0. The number of nitrogens with zero attached hydrogens (tertiary/aromatic N) is 1. The van der Waals surface area contributed by atoms with Gasteiger partial charge in [-0.15, -0.1) is 23.2 Å². The maximum absolute atomic E-state index is 13.6. The molecule has 0 aliphatic rings. The van der Waals surface area contributed by atoms with Crippen molar-refractivity contribution >= 4 is 50.0 Å². The molecule has 0 bridgehead atoms. The van der Waals surface area contributed by atoms with Gasteiger partial charge < -0.3 is 34.0 Å². The number of hydrogen-bond donors (Lipinski definition) is 2. The van der Waals surface area contributed by atoms with Crippen LogP contribution in [0.1, 0.15) is 39.7 Å². The molecule has 10 nitrogen and oxygen atoms in total. The molecule has 1 amide bonds. The van der Waals surface area contributed by atoms with E-state index in [4.69, 9.17) is 47.0 Å². The van der Waals surface area contributed by atoms with Gasteiger partial charge in [0.25, 0.3) is 0 Å². The fourth-order valence-electron chi connectivity index (χ4n) is 3.85. The normalized spacial score (nSPS) is 13.1. The second-order valence-electron chi connectivity index (χ2n) is 8.15. The number of nitrogens with two attached hydrogens (primary N) is 1. The second kappa shape index (κ2) is 18.6. The van der Waals surface area contributed by atoms with Crippen LogP contribution in [0.3, 0.4) is 0 Å². The lowest BCUT2D eigenvalue weighted by atomic mass is 10.1. The van der Waals surface area contributed by atoms with E-state index in [9.17, 15) is 13.9 Å². The molecule has 1 aromatic rings. The van der Waals surface area contributed by atoms with Crippen molar-refractivity contribution in [3.05, 3.63) is 29.8 Å². The summed E-state index contributed by atoms with van der Waals surface area (Å²) >= 11 is 11.8. The SMILES string of the molecule is CCOP(=O)(OCC)C(CCNC(=O)[C@@H](N)Cc1ccc(N(CCCl)CCCl)cc1)P(=O)(OCC)OCC. The molecule has 38 heavy (non-hydrogen) atoms. The minimum atomic E-state index is -3.89. The molecule has 0 heterocycles. The zero-order valence-corrected chi connectivity index (χ0v) is 26.1. The Balaban J connectivity index is 2.89. The number of hydrogen-bond acceptors (Lipinski definition) is 9. The number of nitrogens with one attached hydrogen (secondary N) is 1. The lowest BCUT2D eigenvalue weighted by Crippen LogP contribution is -2.43. The van der Waals surface area contributed by atoms with Gasteiger partial charge in [0.2, 0.25) is 5.91 Å². The molecule has 0 fully saturated rings. The van der Waals surface area contributed by atoms with Crippen LogP contribution in [-0.2, 0) is 38.4 Å². The number of carbonyl (C=O) groups excluding carboxylic acids is 1. The van der Waals surface area contributed by atoms with Gasteiger partial charge in [-0.3, -0.25) is 13.9 Å². The molecular formula is C24H43Cl2N3O7P2. The molecule has 0 aliphatic carbocycles. The van der Waals surface area contributed by atoms with Gasteiger partial charge in [0.15, 0.2) is 5.40 Å². The highest BCUT2D eigenvalue weighted by Crippen LogP contribution is 2.71. The van der Waals surface area contributed by atoms with Crippen molar-refractivity contribution in [2.45, 2.75) is 52.0 Å². The molecule has 1 atom stereocenters. The van der Waals surface area contributed by atoms with Crippen LogP contribution in [-0.4, -0.2) is 75.2 Å². The van der Waals surface area contributed by atoms with Crippen molar-refractivity contribution < 1.29 is 32.0 Å². The molecule has 3 N–H and O–H groups in total. The first-order valence-electron chi connectivity index (χ1n) is 12.9. The van der Waals surface area contributed by atoms with E-state index in [0.29, 0.717) is 31.3 Å².